The summed E-state index contributed by atoms with van der Waals surface area (Å²) in [6, 6.07) is 0. The van der Waals surface area contributed by atoms with Crippen LogP contribution in [0.15, 0.2) is 0 Å². The monoisotopic (exact) mass is 239 g/mol. The summed E-state index contributed by atoms with van der Waals surface area (Å²) in [5, 5.41) is 0. The van der Waals surface area contributed by atoms with Crippen molar-refractivity contribution in [1.82, 2.24) is 0 Å². The molecular weight excluding hydrogens is 240 g/mol. The van der Waals surface area contributed by atoms with Gasteiger partial charge in [0.25, 0.3) is 0 Å². The molecule has 5 heteroatoms. The molecule has 0 bridgehead atoms. The van der Waals surface area contributed by atoms with E-state index in [-0.39, 0.29) is 67.8 Å². The van der Waals surface area contributed by atoms with E-state index >= 15 is 0 Å². The molecule has 3 radical (unpaired) electrons. The van der Waals surface area contributed by atoms with Crippen LogP contribution in [0.4, 0.5) is 0 Å². The van der Waals surface area contributed by atoms with E-state index in [1.807, 2.05) is 0 Å². The molecule has 0 aliphatic heterocycles. The summed E-state index contributed by atoms with van der Waals surface area (Å²) in [6.07, 6.45) is 0. The molecule has 2 nitrogen and oxygen atoms in total. The molecule has 21 valence electrons. The second kappa shape index (κ2) is 43.0. The largest absolute Gasteiger partial charge is 4.00 e. The Balaban J connectivity index is 0. The average molecular weight is 240 g/mol. The van der Waals surface area contributed by atoms with Gasteiger partial charge < -0.3 is 11.0 Å². The van der Waals surface area contributed by atoms with Crippen LogP contribution in [-0.4, -0.2) is 37.4 Å². The number of hydrogen-bond donors (Lipinski definition) is 0. The van der Waals surface area contributed by atoms with Crippen LogP contribution in [0, 0.1) is 0 Å². The van der Waals surface area contributed by atoms with Gasteiger partial charge >= 0.3 is 17.6 Å². The Bertz CT molecular complexity index is 9.61. The molecule has 0 unspecified atom stereocenters. The second-order valence-electron chi connectivity index (χ2n) is 0. The van der Waals surface area contributed by atoms with Gasteiger partial charge in [-0.2, -0.15) is 0 Å². The molecule has 0 aliphatic rings. The van der Waals surface area contributed by atoms with E-state index in [9.17, 15) is 0 Å². The van der Waals surface area contributed by atoms with Gasteiger partial charge in [-0.05, 0) is 0 Å². The molecule has 0 amide bonds. The van der Waals surface area contributed by atoms with Gasteiger partial charge in [-0.1, -0.05) is 0 Å². The predicted molar refractivity (Wildman–Crippen MR) is 12.9 cm³/mol. The SMILES string of the molecule is [Ga].[Ge+4].[O-2].[O-2].[Zn]. The Kier molecular flexibility index (Phi) is 638. The summed E-state index contributed by atoms with van der Waals surface area (Å²) in [4.78, 5) is 0. The van der Waals surface area contributed by atoms with E-state index in [0.29, 0.717) is 0 Å². The third-order valence-electron chi connectivity index (χ3n) is 0. The standard InChI is InChI=1S/Ga.Ge.2O.Zn/q;+4;2*-2;. The minimum Gasteiger partial charge on any atom is -2.00 e. The molecule has 0 fully saturated rings. The maximum Gasteiger partial charge on any atom is 4.00 e. The summed E-state index contributed by atoms with van der Waals surface area (Å²) in [6.45, 7) is 0. The Labute approximate surface area is 67.5 Å². The zero-order chi connectivity index (χ0) is 0. The van der Waals surface area contributed by atoms with Crippen LogP contribution in [-0.2, 0) is 30.4 Å². The quantitative estimate of drug-likeness (QED) is 0.487. The Hall–Kier alpha value is 1.72. The van der Waals surface area contributed by atoms with Crippen molar-refractivity contribution in [3.63, 3.8) is 0 Å². The molecule has 0 atom stereocenters. The van der Waals surface area contributed by atoms with Gasteiger partial charge in [0.05, 0.1) is 0 Å². The summed E-state index contributed by atoms with van der Waals surface area (Å²) in [5.74, 6) is 0. The first-order chi connectivity index (χ1) is 0. The Morgan fingerprint density at radius 2 is 0.800 bits per heavy atom. The van der Waals surface area contributed by atoms with Crippen LogP contribution < -0.4 is 0 Å². The van der Waals surface area contributed by atoms with Crippen molar-refractivity contribution < 1.29 is 30.4 Å². The fraction of sp³-hybridized carbons (Fsp3) is 0. The summed E-state index contributed by atoms with van der Waals surface area (Å²) >= 11 is 0. The summed E-state index contributed by atoms with van der Waals surface area (Å²) in [7, 11) is 0. The van der Waals surface area contributed by atoms with Gasteiger partial charge in [0.15, 0.2) is 0 Å². The molecule has 0 saturated heterocycles. The molecule has 0 spiro atoms. The minimum atomic E-state index is 0. The van der Waals surface area contributed by atoms with Crippen molar-refractivity contribution in [3.8, 4) is 0 Å². The Morgan fingerprint density at radius 1 is 0.800 bits per heavy atom. The van der Waals surface area contributed by atoms with Crippen LogP contribution in [0.1, 0.15) is 0 Å². The molecule has 0 rings (SSSR count). The molecule has 0 saturated carbocycles. The number of rotatable bonds is 0. The number of hydrogen-bond acceptors (Lipinski definition) is 0. The van der Waals surface area contributed by atoms with Gasteiger partial charge in [0, 0.05) is 39.3 Å². The van der Waals surface area contributed by atoms with Crippen molar-refractivity contribution in [2.24, 2.45) is 0 Å². The van der Waals surface area contributed by atoms with Gasteiger partial charge in [-0.3, -0.25) is 0 Å². The predicted octanol–water partition coefficient (Wildman–Crippen LogP) is -1.00. The van der Waals surface area contributed by atoms with E-state index in [1.165, 1.54) is 0 Å². The van der Waals surface area contributed by atoms with E-state index in [1.54, 1.807) is 0 Å². The van der Waals surface area contributed by atoms with Gasteiger partial charge in [-0.15, -0.1) is 0 Å². The molecular formula is GaGeO2Zn. The fourth-order valence-electron chi connectivity index (χ4n) is 0. The van der Waals surface area contributed by atoms with E-state index in [4.69, 9.17) is 0 Å². The molecule has 0 N–H and O–H groups in total. The molecule has 5 heavy (non-hydrogen) atoms. The second-order valence-corrected chi connectivity index (χ2v) is 0. The summed E-state index contributed by atoms with van der Waals surface area (Å²) in [5.41, 5.74) is 0. The summed E-state index contributed by atoms with van der Waals surface area (Å²) < 4.78 is 0. The molecule has 0 aromatic heterocycles. The smallest absolute Gasteiger partial charge is 2.00 e. The fourth-order valence-corrected chi connectivity index (χ4v) is 0. The van der Waals surface area contributed by atoms with Crippen molar-refractivity contribution in [3.05, 3.63) is 0 Å². The first-order valence-corrected chi connectivity index (χ1v) is 0. The maximum absolute atomic E-state index is 0. The first-order valence-electron chi connectivity index (χ1n) is 0. The van der Waals surface area contributed by atoms with Crippen LogP contribution >= 0.6 is 0 Å². The average Bonchev–Trinajstić information content (AvgIpc) is 0. The van der Waals surface area contributed by atoms with E-state index in [0.717, 1.165) is 0 Å². The van der Waals surface area contributed by atoms with E-state index < -0.39 is 0 Å². The zero-order valence-electron chi connectivity index (χ0n) is 2.60. The minimum absolute atomic E-state index is 0. The molecule has 0 aromatic carbocycles. The van der Waals surface area contributed by atoms with Crippen molar-refractivity contribution >= 4 is 37.4 Å². The van der Waals surface area contributed by atoms with Crippen molar-refractivity contribution in [2.45, 2.75) is 0 Å². The normalized spacial score (nSPS) is 0. The Morgan fingerprint density at radius 3 is 0.800 bits per heavy atom. The molecule has 0 aliphatic carbocycles. The van der Waals surface area contributed by atoms with Crippen LogP contribution in [0.5, 0.6) is 0 Å². The topological polar surface area (TPSA) is 57.0 Å². The van der Waals surface area contributed by atoms with E-state index in [2.05, 4.69) is 0 Å². The third-order valence-corrected chi connectivity index (χ3v) is 0. The van der Waals surface area contributed by atoms with Crippen molar-refractivity contribution in [2.75, 3.05) is 0 Å². The maximum atomic E-state index is 0. The van der Waals surface area contributed by atoms with Gasteiger partial charge in [0.2, 0.25) is 0 Å². The van der Waals surface area contributed by atoms with Gasteiger partial charge in [-0.25, -0.2) is 0 Å². The first kappa shape index (κ1) is 74.2. The molecule has 0 aromatic rings. The van der Waals surface area contributed by atoms with Crippen LogP contribution in [0.25, 0.3) is 0 Å². The van der Waals surface area contributed by atoms with Crippen molar-refractivity contribution in [1.29, 1.82) is 0 Å². The van der Waals surface area contributed by atoms with Crippen LogP contribution in [0.2, 0.25) is 0 Å². The molecule has 0 heterocycles. The van der Waals surface area contributed by atoms with Gasteiger partial charge in [0.1, 0.15) is 0 Å². The third kappa shape index (κ3) is 26.7. The zero-order valence-corrected chi connectivity index (χ0v) is 10.1. The van der Waals surface area contributed by atoms with Crippen LogP contribution in [0.3, 0.4) is 0 Å².